The first-order chi connectivity index (χ1) is 9.38. The third kappa shape index (κ3) is 2.12. The second-order valence-corrected chi connectivity index (χ2v) is 4.03. The zero-order valence-corrected chi connectivity index (χ0v) is 9.76. The van der Waals surface area contributed by atoms with Gasteiger partial charge < -0.3 is 26.2 Å². The van der Waals surface area contributed by atoms with Gasteiger partial charge in [-0.25, -0.2) is 15.0 Å². The van der Waals surface area contributed by atoms with Crippen LogP contribution < -0.4 is 5.73 Å². The molecule has 2 aromatic rings. The van der Waals surface area contributed by atoms with Crippen LogP contribution in [0.4, 0.5) is 5.82 Å². The zero-order chi connectivity index (χ0) is 14.5. The van der Waals surface area contributed by atoms with Crippen molar-refractivity contribution in [1.82, 2.24) is 19.5 Å². The summed E-state index contributed by atoms with van der Waals surface area (Å²) in [5.74, 6) is 0.223. The van der Waals surface area contributed by atoms with Crippen LogP contribution in [0.25, 0.3) is 11.2 Å². The first kappa shape index (κ1) is 11.1. The molecule has 0 radical (unpaired) electrons. The van der Waals surface area contributed by atoms with Crippen molar-refractivity contribution in [2.24, 2.45) is 0 Å². The Morgan fingerprint density at radius 2 is 2.32 bits per heavy atom. The molecule has 3 atom stereocenters. The van der Waals surface area contributed by atoms with E-state index in [2.05, 4.69) is 15.0 Å². The lowest BCUT2D eigenvalue weighted by Gasteiger charge is -2.13. The molecular weight excluding hydrogens is 254 g/mol. The van der Waals surface area contributed by atoms with E-state index in [0.717, 1.165) is 0 Å². The van der Waals surface area contributed by atoms with Crippen molar-refractivity contribution in [1.29, 1.82) is 0 Å². The molecule has 0 amide bonds. The van der Waals surface area contributed by atoms with Crippen molar-refractivity contribution >= 4 is 17.0 Å². The number of aromatic nitrogens is 4. The van der Waals surface area contributed by atoms with Gasteiger partial charge in [0.05, 0.1) is 21.7 Å². The summed E-state index contributed by atoms with van der Waals surface area (Å²) in [4.78, 5) is 11.9. The number of anilines is 1. The van der Waals surface area contributed by atoms with Crippen molar-refractivity contribution in [2.75, 3.05) is 12.3 Å². The SMILES string of the molecule is O.[2H]C([2H])(O)[C@H]1O[C@@H](n2cnc3c(N)ncnc32)C[C@@H]1O. The quantitative estimate of drug-likeness (QED) is 0.584. The summed E-state index contributed by atoms with van der Waals surface area (Å²) in [5.41, 5.74) is 6.50. The molecule has 1 aliphatic heterocycles. The van der Waals surface area contributed by atoms with Crippen LogP contribution in [0.5, 0.6) is 0 Å². The number of aliphatic hydroxyl groups excluding tert-OH is 1. The van der Waals surface area contributed by atoms with Crippen molar-refractivity contribution in [2.45, 2.75) is 24.9 Å². The van der Waals surface area contributed by atoms with Gasteiger partial charge in [0.1, 0.15) is 24.2 Å². The second kappa shape index (κ2) is 5.05. The molecule has 1 saturated heterocycles. The van der Waals surface area contributed by atoms with Gasteiger partial charge in [-0.2, -0.15) is 0 Å². The number of imidazole rings is 1. The maximum absolute atomic E-state index is 9.80. The number of hydrogen-bond acceptors (Lipinski definition) is 7. The molecule has 9 heteroatoms. The standard InChI is InChI=1S/C10H13N5O3.H2O/c11-9-8-10(13-3-12-9)15(4-14-8)7-1-5(17)6(2-16)18-7;/h3-7,16-17H,1-2H2,(H2,11,12,13);1H2/t5-,6+,7+;/m0./s1/i2D2;. The van der Waals surface area contributed by atoms with Crippen molar-refractivity contribution in [3.63, 3.8) is 0 Å². The van der Waals surface area contributed by atoms with Gasteiger partial charge in [0.15, 0.2) is 11.5 Å². The summed E-state index contributed by atoms with van der Waals surface area (Å²) in [6.45, 7) is -2.63. The Morgan fingerprint density at radius 1 is 1.53 bits per heavy atom. The molecule has 0 bridgehead atoms. The van der Waals surface area contributed by atoms with Crippen LogP contribution in [-0.4, -0.2) is 54.0 Å². The molecule has 1 fully saturated rings. The molecule has 0 saturated carbocycles. The van der Waals surface area contributed by atoms with Gasteiger partial charge in [-0.1, -0.05) is 0 Å². The lowest BCUT2D eigenvalue weighted by molar-refractivity contribution is -0.0432. The van der Waals surface area contributed by atoms with E-state index in [4.69, 9.17) is 13.2 Å². The molecule has 3 rings (SSSR count). The predicted molar refractivity (Wildman–Crippen MR) is 65.0 cm³/mol. The highest BCUT2D eigenvalue weighted by molar-refractivity contribution is 5.81. The van der Waals surface area contributed by atoms with Crippen molar-refractivity contribution < 1.29 is 23.2 Å². The number of nitrogens with two attached hydrogens (primary N) is 1. The summed E-state index contributed by atoms with van der Waals surface area (Å²) < 4.78 is 21.4. The summed E-state index contributed by atoms with van der Waals surface area (Å²) in [6, 6.07) is 0. The summed E-state index contributed by atoms with van der Waals surface area (Å²) in [6.07, 6.45) is -0.315. The Balaban J connectivity index is 0.00000161. The van der Waals surface area contributed by atoms with Gasteiger partial charge in [-0.3, -0.25) is 4.57 Å². The Kier molecular flexibility index (Phi) is 2.94. The maximum Gasteiger partial charge on any atom is 0.167 e. The normalized spacial score (nSPS) is 28.8. The molecule has 1 aliphatic rings. The Hall–Kier alpha value is -1.81. The lowest BCUT2D eigenvalue weighted by atomic mass is 10.2. The first-order valence-corrected chi connectivity index (χ1v) is 5.37. The van der Waals surface area contributed by atoms with Crippen LogP contribution in [0.2, 0.25) is 0 Å². The maximum atomic E-state index is 9.80. The molecule has 0 unspecified atom stereocenters. The van der Waals surface area contributed by atoms with Crippen LogP contribution in [-0.2, 0) is 4.74 Å². The number of fused-ring (bicyclic) bond motifs is 1. The van der Waals surface area contributed by atoms with E-state index >= 15 is 0 Å². The van der Waals surface area contributed by atoms with Crippen LogP contribution in [0, 0.1) is 0 Å². The smallest absolute Gasteiger partial charge is 0.167 e. The number of hydrogen-bond donors (Lipinski definition) is 3. The van der Waals surface area contributed by atoms with Crippen molar-refractivity contribution in [3.8, 4) is 0 Å². The van der Waals surface area contributed by atoms with Crippen molar-refractivity contribution in [3.05, 3.63) is 12.7 Å². The topological polar surface area (TPSA) is 151 Å². The lowest BCUT2D eigenvalue weighted by Crippen LogP contribution is -2.24. The van der Waals surface area contributed by atoms with E-state index in [9.17, 15) is 10.2 Å². The highest BCUT2D eigenvalue weighted by Crippen LogP contribution is 2.30. The van der Waals surface area contributed by atoms with Gasteiger partial charge in [-0.15, -0.1) is 0 Å². The number of nitrogens with zero attached hydrogens (tertiary/aromatic N) is 4. The van der Waals surface area contributed by atoms with E-state index in [1.165, 1.54) is 17.2 Å². The van der Waals surface area contributed by atoms with Gasteiger partial charge in [0.2, 0.25) is 0 Å². The average molecular weight is 271 g/mol. The molecule has 6 N–H and O–H groups in total. The molecule has 3 heterocycles. The van der Waals surface area contributed by atoms with Crippen LogP contribution >= 0.6 is 0 Å². The van der Waals surface area contributed by atoms with Gasteiger partial charge >= 0.3 is 0 Å². The highest BCUT2D eigenvalue weighted by atomic mass is 16.5. The largest absolute Gasteiger partial charge is 0.412 e. The Labute approximate surface area is 110 Å². The molecule has 0 aliphatic carbocycles. The minimum atomic E-state index is -2.63. The monoisotopic (exact) mass is 271 g/mol. The zero-order valence-electron chi connectivity index (χ0n) is 11.8. The van der Waals surface area contributed by atoms with Gasteiger partial charge in [0, 0.05) is 6.42 Å². The fourth-order valence-corrected chi connectivity index (χ4v) is 2.02. The minimum Gasteiger partial charge on any atom is -0.412 e. The molecule has 19 heavy (non-hydrogen) atoms. The van der Waals surface area contributed by atoms with Gasteiger partial charge in [0.25, 0.3) is 0 Å². The van der Waals surface area contributed by atoms with Crippen LogP contribution in [0.1, 0.15) is 15.4 Å². The summed E-state index contributed by atoms with van der Waals surface area (Å²) >= 11 is 0. The van der Waals surface area contributed by atoms with Gasteiger partial charge in [-0.05, 0) is 0 Å². The first-order valence-electron chi connectivity index (χ1n) is 6.37. The molecular formula is C10H15N5O4. The van der Waals surface area contributed by atoms with E-state index in [0.29, 0.717) is 11.2 Å². The highest BCUT2D eigenvalue weighted by Gasteiger charge is 2.35. The fraction of sp³-hybridized carbons (Fsp3) is 0.500. The third-order valence-corrected chi connectivity index (χ3v) is 2.92. The minimum absolute atomic E-state index is 0. The Bertz CT molecular complexity index is 646. The van der Waals surface area contributed by atoms with E-state index in [-0.39, 0.29) is 17.7 Å². The summed E-state index contributed by atoms with van der Waals surface area (Å²) in [5, 5.41) is 19.1. The predicted octanol–water partition coefficient (Wildman–Crippen LogP) is -1.78. The van der Waals surface area contributed by atoms with E-state index < -0.39 is 25.0 Å². The average Bonchev–Trinajstić information content (AvgIpc) is 2.92. The molecule has 9 nitrogen and oxygen atoms in total. The Morgan fingerprint density at radius 3 is 3.00 bits per heavy atom. The second-order valence-electron chi connectivity index (χ2n) is 4.03. The third-order valence-electron chi connectivity index (χ3n) is 2.92. The number of rotatable bonds is 2. The molecule has 2 aromatic heterocycles. The molecule has 0 aromatic carbocycles. The van der Waals surface area contributed by atoms with E-state index in [1.807, 2.05) is 0 Å². The molecule has 0 spiro atoms. The van der Waals surface area contributed by atoms with E-state index in [1.54, 1.807) is 0 Å². The fourth-order valence-electron chi connectivity index (χ4n) is 2.02. The molecule has 104 valence electrons. The number of nitrogen functional groups attached to an aromatic ring is 1. The number of ether oxygens (including phenoxy) is 1. The van der Waals surface area contributed by atoms with Crippen LogP contribution in [0.15, 0.2) is 12.7 Å². The number of aliphatic hydroxyl groups is 2. The van der Waals surface area contributed by atoms with Crippen LogP contribution in [0.3, 0.4) is 0 Å². The summed E-state index contributed by atoms with van der Waals surface area (Å²) in [7, 11) is 0.